The predicted molar refractivity (Wildman–Crippen MR) is 74.9 cm³/mol. The molecule has 0 saturated carbocycles. The van der Waals surface area contributed by atoms with E-state index in [0.717, 1.165) is 0 Å². The molecule has 0 aromatic carbocycles. The number of nitrogens with zero attached hydrogens (tertiary/aromatic N) is 2. The molecule has 1 N–H and O–H groups in total. The lowest BCUT2D eigenvalue weighted by Crippen LogP contribution is -2.47. The van der Waals surface area contributed by atoms with Crippen molar-refractivity contribution >= 4 is 11.8 Å². The van der Waals surface area contributed by atoms with Crippen LogP contribution >= 0.6 is 0 Å². The number of aryl methyl sites for hydroxylation is 1. The molecular weight excluding hydrogens is 242 g/mol. The van der Waals surface area contributed by atoms with E-state index in [4.69, 9.17) is 0 Å². The van der Waals surface area contributed by atoms with Crippen LogP contribution in [0.4, 0.5) is 0 Å². The lowest BCUT2D eigenvalue weighted by Gasteiger charge is -2.25. The van der Waals surface area contributed by atoms with E-state index in [0.29, 0.717) is 12.2 Å². The molecule has 0 fully saturated rings. The Bertz CT molecular complexity index is 458. The minimum absolute atomic E-state index is 0.0811. The number of carbonyl (C=O) groups is 2. The molecule has 0 bridgehead atoms. The summed E-state index contributed by atoms with van der Waals surface area (Å²) in [5, 5.41) is 2.86. The first-order chi connectivity index (χ1) is 8.74. The lowest BCUT2D eigenvalue weighted by atomic mass is 10.1. The summed E-state index contributed by atoms with van der Waals surface area (Å²) in [5.74, 6) is -0.268. The average Bonchev–Trinajstić information content (AvgIpc) is 2.69. The Hall–Kier alpha value is -1.78. The first-order valence-corrected chi connectivity index (χ1v) is 6.46. The molecule has 1 rings (SSSR count). The molecule has 19 heavy (non-hydrogen) atoms. The second kappa shape index (κ2) is 5.91. The van der Waals surface area contributed by atoms with Gasteiger partial charge in [0.2, 0.25) is 5.91 Å². The summed E-state index contributed by atoms with van der Waals surface area (Å²) in [6.07, 6.45) is 1.82. The van der Waals surface area contributed by atoms with E-state index in [2.05, 4.69) is 5.32 Å². The van der Waals surface area contributed by atoms with Crippen molar-refractivity contribution in [3.63, 3.8) is 0 Å². The van der Waals surface area contributed by atoms with Gasteiger partial charge in [0.25, 0.3) is 5.91 Å². The largest absolute Gasteiger partial charge is 0.350 e. The molecule has 0 radical (unpaired) electrons. The van der Waals surface area contributed by atoms with Crippen LogP contribution in [0.15, 0.2) is 18.3 Å². The monoisotopic (exact) mass is 265 g/mol. The van der Waals surface area contributed by atoms with Crippen LogP contribution in [0.1, 0.15) is 38.2 Å². The van der Waals surface area contributed by atoms with Crippen LogP contribution in [-0.2, 0) is 11.8 Å². The minimum Gasteiger partial charge on any atom is -0.350 e. The standard InChI is InChI=1S/C14H23N3O2/c1-6-17(10-12(18)15-14(2,3)4)13(19)11-8-7-9-16(11)5/h7-9H,6,10H2,1-5H3,(H,15,18). The lowest BCUT2D eigenvalue weighted by molar-refractivity contribution is -0.123. The van der Waals surface area contributed by atoms with Gasteiger partial charge in [-0.3, -0.25) is 9.59 Å². The number of hydrogen-bond acceptors (Lipinski definition) is 2. The van der Waals surface area contributed by atoms with Crippen molar-refractivity contribution in [1.29, 1.82) is 0 Å². The van der Waals surface area contributed by atoms with Crippen LogP contribution in [0.25, 0.3) is 0 Å². The van der Waals surface area contributed by atoms with E-state index in [-0.39, 0.29) is 23.9 Å². The summed E-state index contributed by atoms with van der Waals surface area (Å²) in [6.45, 7) is 8.20. The first-order valence-electron chi connectivity index (χ1n) is 6.46. The Labute approximate surface area is 114 Å². The third kappa shape index (κ3) is 4.43. The topological polar surface area (TPSA) is 54.3 Å². The van der Waals surface area contributed by atoms with Gasteiger partial charge in [-0.2, -0.15) is 0 Å². The van der Waals surface area contributed by atoms with Gasteiger partial charge in [-0.05, 0) is 39.8 Å². The molecule has 0 aliphatic carbocycles. The quantitative estimate of drug-likeness (QED) is 0.894. The van der Waals surface area contributed by atoms with Gasteiger partial charge in [-0.1, -0.05) is 0 Å². The van der Waals surface area contributed by atoms with Crippen LogP contribution in [0, 0.1) is 0 Å². The molecule has 0 atom stereocenters. The normalized spacial score (nSPS) is 11.2. The zero-order valence-corrected chi connectivity index (χ0v) is 12.4. The molecule has 0 spiro atoms. The zero-order valence-electron chi connectivity index (χ0n) is 12.4. The number of carbonyl (C=O) groups excluding carboxylic acids is 2. The summed E-state index contributed by atoms with van der Waals surface area (Å²) < 4.78 is 1.76. The maximum absolute atomic E-state index is 12.3. The summed E-state index contributed by atoms with van der Waals surface area (Å²) in [4.78, 5) is 25.7. The fourth-order valence-corrected chi connectivity index (χ4v) is 1.80. The van der Waals surface area contributed by atoms with E-state index >= 15 is 0 Å². The Morgan fingerprint density at radius 2 is 2.00 bits per heavy atom. The maximum Gasteiger partial charge on any atom is 0.270 e. The van der Waals surface area contributed by atoms with E-state index in [9.17, 15) is 9.59 Å². The third-order valence-corrected chi connectivity index (χ3v) is 2.68. The van der Waals surface area contributed by atoms with Gasteiger partial charge in [0, 0.05) is 25.3 Å². The highest BCUT2D eigenvalue weighted by atomic mass is 16.2. The molecule has 1 aromatic heterocycles. The van der Waals surface area contributed by atoms with Crippen molar-refractivity contribution in [2.75, 3.05) is 13.1 Å². The summed E-state index contributed by atoms with van der Waals surface area (Å²) in [7, 11) is 1.82. The molecular formula is C14H23N3O2. The number of hydrogen-bond donors (Lipinski definition) is 1. The maximum atomic E-state index is 12.3. The van der Waals surface area contributed by atoms with Gasteiger partial charge in [0.05, 0.1) is 6.54 Å². The van der Waals surface area contributed by atoms with Crippen molar-refractivity contribution in [2.24, 2.45) is 7.05 Å². The Morgan fingerprint density at radius 3 is 2.42 bits per heavy atom. The highest BCUT2D eigenvalue weighted by Crippen LogP contribution is 2.06. The zero-order chi connectivity index (χ0) is 14.6. The van der Waals surface area contributed by atoms with Crippen molar-refractivity contribution in [2.45, 2.75) is 33.2 Å². The molecule has 2 amide bonds. The van der Waals surface area contributed by atoms with Crippen molar-refractivity contribution in [1.82, 2.24) is 14.8 Å². The van der Waals surface area contributed by atoms with Crippen LogP contribution < -0.4 is 5.32 Å². The Kier molecular flexibility index (Phi) is 4.75. The summed E-state index contributed by atoms with van der Waals surface area (Å²) in [6, 6.07) is 3.57. The molecule has 1 aromatic rings. The summed E-state index contributed by atoms with van der Waals surface area (Å²) in [5.41, 5.74) is 0.301. The average molecular weight is 265 g/mol. The molecule has 0 aliphatic rings. The van der Waals surface area contributed by atoms with Crippen molar-refractivity contribution < 1.29 is 9.59 Å². The molecule has 1 heterocycles. The fraction of sp³-hybridized carbons (Fsp3) is 0.571. The molecule has 5 nitrogen and oxygen atoms in total. The van der Waals surface area contributed by atoms with Gasteiger partial charge in [0.15, 0.2) is 0 Å². The van der Waals surface area contributed by atoms with Crippen molar-refractivity contribution in [3.05, 3.63) is 24.0 Å². The van der Waals surface area contributed by atoms with Gasteiger partial charge in [-0.25, -0.2) is 0 Å². The van der Waals surface area contributed by atoms with E-state index in [1.165, 1.54) is 4.90 Å². The van der Waals surface area contributed by atoms with E-state index in [1.807, 2.05) is 47.0 Å². The van der Waals surface area contributed by atoms with Gasteiger partial charge < -0.3 is 14.8 Å². The summed E-state index contributed by atoms with van der Waals surface area (Å²) >= 11 is 0. The first kappa shape index (κ1) is 15.3. The predicted octanol–water partition coefficient (Wildman–Crippen LogP) is 1.40. The SMILES string of the molecule is CCN(CC(=O)NC(C)(C)C)C(=O)c1cccn1C. The van der Waals surface area contributed by atoms with Gasteiger partial charge in [0.1, 0.15) is 5.69 Å². The number of nitrogens with one attached hydrogen (secondary N) is 1. The van der Waals surface area contributed by atoms with Crippen LogP contribution in [-0.4, -0.2) is 39.9 Å². The second-order valence-corrected chi connectivity index (χ2v) is 5.62. The van der Waals surface area contributed by atoms with Crippen molar-refractivity contribution in [3.8, 4) is 0 Å². The molecule has 0 saturated heterocycles. The molecule has 5 heteroatoms. The third-order valence-electron chi connectivity index (χ3n) is 2.68. The molecule has 0 unspecified atom stereocenters. The van der Waals surface area contributed by atoms with Gasteiger partial charge in [-0.15, -0.1) is 0 Å². The molecule has 0 aliphatic heterocycles. The highest BCUT2D eigenvalue weighted by Gasteiger charge is 2.21. The van der Waals surface area contributed by atoms with Crippen LogP contribution in [0.2, 0.25) is 0 Å². The van der Waals surface area contributed by atoms with Crippen LogP contribution in [0.5, 0.6) is 0 Å². The van der Waals surface area contributed by atoms with E-state index < -0.39 is 0 Å². The second-order valence-electron chi connectivity index (χ2n) is 5.62. The smallest absolute Gasteiger partial charge is 0.270 e. The number of rotatable bonds is 4. The Morgan fingerprint density at radius 1 is 1.37 bits per heavy atom. The van der Waals surface area contributed by atoms with Gasteiger partial charge >= 0.3 is 0 Å². The molecule has 106 valence electrons. The highest BCUT2D eigenvalue weighted by molar-refractivity contribution is 5.95. The fourth-order valence-electron chi connectivity index (χ4n) is 1.80. The number of amides is 2. The minimum atomic E-state index is -0.287. The van der Waals surface area contributed by atoms with E-state index in [1.54, 1.807) is 10.6 Å². The number of aromatic nitrogens is 1. The van der Waals surface area contributed by atoms with Crippen LogP contribution in [0.3, 0.4) is 0 Å². The number of likely N-dealkylation sites (N-methyl/N-ethyl adjacent to an activating group) is 1. The Balaban J connectivity index is 2.72.